The molecule has 3 aromatic rings. The number of hydrogen-bond donors (Lipinski definition) is 1. The summed E-state index contributed by atoms with van der Waals surface area (Å²) in [6.07, 6.45) is 3.43. The molecule has 140 valence electrons. The molecule has 0 spiro atoms. The average molecular weight is 362 g/mol. The number of oxazole rings is 1. The van der Waals surface area contributed by atoms with Crippen molar-refractivity contribution >= 4 is 0 Å². The van der Waals surface area contributed by atoms with E-state index in [-0.39, 0.29) is 12.6 Å². The van der Waals surface area contributed by atoms with Gasteiger partial charge in [0.05, 0.1) is 12.3 Å². The van der Waals surface area contributed by atoms with Gasteiger partial charge < -0.3 is 9.52 Å². The number of hydrogen-bond acceptors (Lipinski definition) is 4. The maximum Gasteiger partial charge on any atom is 0.226 e. The second-order valence-corrected chi connectivity index (χ2v) is 7.27. The first-order valence-corrected chi connectivity index (χ1v) is 9.71. The molecule has 4 heteroatoms. The van der Waals surface area contributed by atoms with Crippen molar-refractivity contribution in [2.24, 2.45) is 0 Å². The Kier molecular flexibility index (Phi) is 5.37. The van der Waals surface area contributed by atoms with Crippen LogP contribution in [0.4, 0.5) is 0 Å². The number of aliphatic hydroxyl groups is 1. The first kappa shape index (κ1) is 18.0. The predicted molar refractivity (Wildman–Crippen MR) is 107 cm³/mol. The van der Waals surface area contributed by atoms with E-state index in [2.05, 4.69) is 41.3 Å². The lowest BCUT2D eigenvalue weighted by atomic mass is 10.0. The van der Waals surface area contributed by atoms with Crippen molar-refractivity contribution in [2.75, 3.05) is 13.2 Å². The summed E-state index contributed by atoms with van der Waals surface area (Å²) in [5.74, 6) is 1.53. The van der Waals surface area contributed by atoms with Crippen LogP contribution in [0.3, 0.4) is 0 Å². The molecular weight excluding hydrogens is 336 g/mol. The Labute approximate surface area is 160 Å². The Balaban J connectivity index is 1.52. The van der Waals surface area contributed by atoms with E-state index in [0.717, 1.165) is 36.5 Å². The van der Waals surface area contributed by atoms with E-state index in [4.69, 9.17) is 9.40 Å². The van der Waals surface area contributed by atoms with Gasteiger partial charge in [-0.3, -0.25) is 4.90 Å². The Bertz CT molecular complexity index is 871. The van der Waals surface area contributed by atoms with Crippen LogP contribution < -0.4 is 0 Å². The molecule has 4 nitrogen and oxygen atoms in total. The number of aromatic nitrogens is 1. The van der Waals surface area contributed by atoms with E-state index >= 15 is 0 Å². The van der Waals surface area contributed by atoms with Crippen LogP contribution in [0.2, 0.25) is 0 Å². The highest BCUT2D eigenvalue weighted by molar-refractivity contribution is 5.67. The van der Waals surface area contributed by atoms with Crippen LogP contribution in [-0.2, 0) is 6.54 Å². The lowest BCUT2D eigenvalue weighted by molar-refractivity contribution is 0.0828. The van der Waals surface area contributed by atoms with Crippen molar-refractivity contribution in [1.29, 1.82) is 0 Å². The van der Waals surface area contributed by atoms with Gasteiger partial charge in [0.25, 0.3) is 0 Å². The summed E-state index contributed by atoms with van der Waals surface area (Å²) in [6.45, 7) is 3.94. The lowest BCUT2D eigenvalue weighted by Crippen LogP contribution is -2.41. The van der Waals surface area contributed by atoms with Gasteiger partial charge in [-0.15, -0.1) is 0 Å². The smallest absolute Gasteiger partial charge is 0.226 e. The number of benzene rings is 2. The fourth-order valence-corrected chi connectivity index (χ4v) is 3.80. The van der Waals surface area contributed by atoms with Crippen LogP contribution in [0.5, 0.6) is 0 Å². The zero-order chi connectivity index (χ0) is 18.6. The molecule has 1 N–H and O–H groups in total. The summed E-state index contributed by atoms with van der Waals surface area (Å²) in [5.41, 5.74) is 4.34. The molecule has 0 aliphatic carbocycles. The Morgan fingerprint density at radius 3 is 2.44 bits per heavy atom. The molecule has 0 bridgehead atoms. The lowest BCUT2D eigenvalue weighted by Gasteiger charge is -2.33. The highest BCUT2D eigenvalue weighted by Crippen LogP contribution is 2.27. The minimum atomic E-state index is 0.213. The molecule has 0 amide bonds. The molecule has 1 fully saturated rings. The summed E-state index contributed by atoms with van der Waals surface area (Å²) >= 11 is 0. The van der Waals surface area contributed by atoms with Crippen LogP contribution in [0.15, 0.2) is 59.0 Å². The minimum Gasteiger partial charge on any atom is -0.441 e. The molecule has 27 heavy (non-hydrogen) atoms. The number of aliphatic hydroxyl groups excluding tert-OH is 1. The summed E-state index contributed by atoms with van der Waals surface area (Å²) in [7, 11) is 0. The maximum atomic E-state index is 9.63. The highest BCUT2D eigenvalue weighted by atomic mass is 16.4. The molecule has 1 saturated heterocycles. The minimum absolute atomic E-state index is 0.213. The molecule has 0 saturated carbocycles. The Hall–Kier alpha value is -2.43. The van der Waals surface area contributed by atoms with E-state index in [1.165, 1.54) is 24.0 Å². The molecule has 1 aliphatic rings. The Morgan fingerprint density at radius 1 is 1.00 bits per heavy atom. The van der Waals surface area contributed by atoms with Gasteiger partial charge in [0.2, 0.25) is 5.89 Å². The van der Waals surface area contributed by atoms with Crippen molar-refractivity contribution in [3.8, 4) is 22.6 Å². The third kappa shape index (κ3) is 3.97. The molecule has 1 atom stereocenters. The molecule has 2 aromatic carbocycles. The van der Waals surface area contributed by atoms with Gasteiger partial charge in [-0.05, 0) is 49.6 Å². The molecule has 1 aliphatic heterocycles. The summed E-state index contributed by atoms with van der Waals surface area (Å²) in [5, 5.41) is 9.63. The van der Waals surface area contributed by atoms with Gasteiger partial charge >= 0.3 is 0 Å². The second kappa shape index (κ2) is 8.07. The number of nitrogens with zero attached hydrogens (tertiary/aromatic N) is 2. The van der Waals surface area contributed by atoms with Crippen molar-refractivity contribution in [1.82, 2.24) is 9.88 Å². The van der Waals surface area contributed by atoms with Crippen LogP contribution >= 0.6 is 0 Å². The number of likely N-dealkylation sites (tertiary alicyclic amines) is 1. The van der Waals surface area contributed by atoms with E-state index in [9.17, 15) is 5.11 Å². The molecule has 1 aromatic heterocycles. The first-order valence-electron chi connectivity index (χ1n) is 9.71. The van der Waals surface area contributed by atoms with Gasteiger partial charge in [-0.2, -0.15) is 0 Å². The quantitative estimate of drug-likeness (QED) is 0.717. The molecule has 2 heterocycles. The van der Waals surface area contributed by atoms with Crippen molar-refractivity contribution in [2.45, 2.75) is 38.8 Å². The maximum absolute atomic E-state index is 9.63. The molecule has 0 unspecified atom stereocenters. The SMILES string of the molecule is Cc1oc(-c2ccc(-c3ccccc3)cc2)nc1CN1CCCC[C@H]1CO. The van der Waals surface area contributed by atoms with E-state index in [1.807, 2.05) is 25.1 Å². The number of piperidine rings is 1. The van der Waals surface area contributed by atoms with Crippen molar-refractivity contribution < 1.29 is 9.52 Å². The first-order chi connectivity index (χ1) is 13.2. The zero-order valence-corrected chi connectivity index (χ0v) is 15.8. The van der Waals surface area contributed by atoms with Gasteiger partial charge in [-0.1, -0.05) is 48.9 Å². The third-order valence-corrected chi connectivity index (χ3v) is 5.44. The molecular formula is C23H26N2O2. The van der Waals surface area contributed by atoms with E-state index in [1.54, 1.807) is 0 Å². The topological polar surface area (TPSA) is 49.5 Å². The van der Waals surface area contributed by atoms with Gasteiger partial charge in [0, 0.05) is 18.2 Å². The number of rotatable bonds is 5. The fourth-order valence-electron chi connectivity index (χ4n) is 3.80. The molecule has 4 rings (SSSR count). The van der Waals surface area contributed by atoms with E-state index < -0.39 is 0 Å². The van der Waals surface area contributed by atoms with E-state index in [0.29, 0.717) is 5.89 Å². The van der Waals surface area contributed by atoms with Crippen LogP contribution in [0.1, 0.15) is 30.7 Å². The summed E-state index contributed by atoms with van der Waals surface area (Å²) < 4.78 is 5.96. The van der Waals surface area contributed by atoms with Gasteiger partial charge in [0.15, 0.2) is 0 Å². The largest absolute Gasteiger partial charge is 0.441 e. The van der Waals surface area contributed by atoms with Crippen LogP contribution in [0.25, 0.3) is 22.6 Å². The highest BCUT2D eigenvalue weighted by Gasteiger charge is 2.24. The molecule has 0 radical (unpaired) electrons. The standard InChI is InChI=1S/C23H26N2O2/c1-17-22(15-25-14-6-5-9-21(25)16-26)24-23(27-17)20-12-10-19(11-13-20)18-7-3-2-4-8-18/h2-4,7-8,10-13,21,26H,5-6,9,14-16H2,1H3/t21-/m0/s1. The average Bonchev–Trinajstić information content (AvgIpc) is 3.09. The number of aryl methyl sites for hydroxylation is 1. The zero-order valence-electron chi connectivity index (χ0n) is 15.8. The van der Waals surface area contributed by atoms with Gasteiger partial charge in [-0.25, -0.2) is 4.98 Å². The Morgan fingerprint density at radius 2 is 1.70 bits per heavy atom. The predicted octanol–water partition coefficient (Wildman–Crippen LogP) is 4.66. The van der Waals surface area contributed by atoms with Crippen molar-refractivity contribution in [3.05, 3.63) is 66.1 Å². The third-order valence-electron chi connectivity index (χ3n) is 5.44. The monoisotopic (exact) mass is 362 g/mol. The summed E-state index contributed by atoms with van der Waals surface area (Å²) in [6, 6.07) is 18.9. The van der Waals surface area contributed by atoms with Crippen LogP contribution in [-0.4, -0.2) is 34.2 Å². The van der Waals surface area contributed by atoms with Crippen LogP contribution in [0, 0.1) is 6.92 Å². The van der Waals surface area contributed by atoms with Crippen molar-refractivity contribution in [3.63, 3.8) is 0 Å². The fraction of sp³-hybridized carbons (Fsp3) is 0.348. The summed E-state index contributed by atoms with van der Waals surface area (Å²) in [4.78, 5) is 7.09. The van der Waals surface area contributed by atoms with Gasteiger partial charge in [0.1, 0.15) is 5.76 Å². The normalized spacial score (nSPS) is 17.9. The second-order valence-electron chi connectivity index (χ2n) is 7.27.